The molecule has 0 saturated carbocycles. The van der Waals surface area contributed by atoms with Crippen molar-refractivity contribution in [3.63, 3.8) is 0 Å². The van der Waals surface area contributed by atoms with E-state index < -0.39 is 22.8 Å². The Hall–Kier alpha value is -4.40. The number of nitrogens with one attached hydrogen (secondary N) is 1. The topological polar surface area (TPSA) is 141 Å². The number of carbonyl (C=O) groups is 2. The van der Waals surface area contributed by atoms with Gasteiger partial charge in [0.15, 0.2) is 5.58 Å². The molecule has 2 aromatic rings. The van der Waals surface area contributed by atoms with Gasteiger partial charge >= 0.3 is 11.9 Å². The van der Waals surface area contributed by atoms with E-state index in [1.165, 1.54) is 24.3 Å². The van der Waals surface area contributed by atoms with E-state index in [1.54, 1.807) is 12.1 Å². The molecule has 2 aromatic carbocycles. The van der Waals surface area contributed by atoms with Gasteiger partial charge in [-0.2, -0.15) is 0 Å². The number of H-pyrrole nitrogens is 1. The van der Waals surface area contributed by atoms with Crippen LogP contribution in [0.25, 0.3) is 22.2 Å². The molecule has 0 atom stereocenters. The number of benzene rings is 2. The lowest BCUT2D eigenvalue weighted by molar-refractivity contribution is -0.136. The van der Waals surface area contributed by atoms with Crippen molar-refractivity contribution in [1.82, 2.24) is 4.98 Å². The number of aliphatic carboxylic acids is 1. The lowest BCUT2D eigenvalue weighted by Gasteiger charge is -2.21. The van der Waals surface area contributed by atoms with Crippen LogP contribution in [0, 0.1) is 10.8 Å². The quantitative estimate of drug-likeness (QED) is 0.356. The van der Waals surface area contributed by atoms with Crippen LogP contribution in [0.4, 0.5) is 5.69 Å². The predicted octanol–water partition coefficient (Wildman–Crippen LogP) is 3.04. The van der Waals surface area contributed by atoms with Gasteiger partial charge < -0.3 is 24.5 Å². The maximum atomic E-state index is 13.0. The third kappa shape index (κ3) is 3.92. The van der Waals surface area contributed by atoms with Crippen molar-refractivity contribution in [2.75, 3.05) is 18.0 Å². The largest absolute Gasteiger partial charge is 0.481 e. The number of nitrogens with zero attached hydrogens (tertiary/aromatic N) is 1. The van der Waals surface area contributed by atoms with Gasteiger partial charge in [-0.3, -0.25) is 14.4 Å². The van der Waals surface area contributed by atoms with Gasteiger partial charge in [-0.15, -0.1) is 0 Å². The van der Waals surface area contributed by atoms with Crippen LogP contribution in [0.3, 0.4) is 0 Å². The standard InChI is InChI=1S/C25H22N2O7/c1-3-27(4-2)15-9-10-16-17(12-15)34-24-21(26-16)20(25(32)33)19(22(30)23(24)31)14-7-5-13(6-8-14)11-18(28)29/h5-10,12,26H,3-4,11H2,1-2H3,(H,28,29)(H,32,33). The van der Waals surface area contributed by atoms with Gasteiger partial charge in [0.25, 0.3) is 5.43 Å². The molecule has 2 aliphatic rings. The number of rotatable bonds is 7. The molecule has 1 aliphatic carbocycles. The highest BCUT2D eigenvalue weighted by molar-refractivity contribution is 5.96. The number of carboxylic acid groups (broad SMARTS) is 2. The minimum Gasteiger partial charge on any atom is -0.481 e. The summed E-state index contributed by atoms with van der Waals surface area (Å²) in [6.45, 7) is 5.53. The Labute approximate surface area is 192 Å². The maximum absolute atomic E-state index is 13.0. The Morgan fingerprint density at radius 3 is 2.24 bits per heavy atom. The molecule has 1 aliphatic heterocycles. The van der Waals surface area contributed by atoms with Crippen LogP contribution < -0.4 is 15.8 Å². The normalized spacial score (nSPS) is 11.1. The summed E-state index contributed by atoms with van der Waals surface area (Å²) in [7, 11) is 0. The van der Waals surface area contributed by atoms with Gasteiger partial charge in [0, 0.05) is 24.8 Å². The summed E-state index contributed by atoms with van der Waals surface area (Å²) < 4.78 is 5.78. The molecule has 4 rings (SSSR count). The predicted molar refractivity (Wildman–Crippen MR) is 126 cm³/mol. The van der Waals surface area contributed by atoms with Gasteiger partial charge in [-0.1, -0.05) is 24.3 Å². The molecule has 0 bridgehead atoms. The van der Waals surface area contributed by atoms with E-state index in [-0.39, 0.29) is 33.9 Å². The second-order valence-corrected chi connectivity index (χ2v) is 7.76. The van der Waals surface area contributed by atoms with Gasteiger partial charge in [0.2, 0.25) is 10.8 Å². The fourth-order valence-electron chi connectivity index (χ4n) is 4.08. The van der Waals surface area contributed by atoms with Crippen molar-refractivity contribution >= 4 is 28.7 Å². The van der Waals surface area contributed by atoms with Gasteiger partial charge in [0.1, 0.15) is 5.35 Å². The monoisotopic (exact) mass is 462 g/mol. The zero-order valence-electron chi connectivity index (χ0n) is 18.5. The second kappa shape index (κ2) is 8.86. The van der Waals surface area contributed by atoms with Crippen LogP contribution in [0.1, 0.15) is 29.8 Å². The van der Waals surface area contributed by atoms with Crippen molar-refractivity contribution in [2.24, 2.45) is 0 Å². The Morgan fingerprint density at radius 1 is 0.971 bits per heavy atom. The lowest BCUT2D eigenvalue weighted by Crippen LogP contribution is -2.30. The average Bonchev–Trinajstić information content (AvgIpc) is 2.81. The van der Waals surface area contributed by atoms with Crippen LogP contribution in [0.5, 0.6) is 0 Å². The fraction of sp³-hybridized carbons (Fsp3) is 0.200. The molecule has 174 valence electrons. The van der Waals surface area contributed by atoms with Crippen molar-refractivity contribution in [2.45, 2.75) is 20.3 Å². The van der Waals surface area contributed by atoms with Gasteiger partial charge in [0.05, 0.1) is 23.1 Å². The summed E-state index contributed by atoms with van der Waals surface area (Å²) in [6, 6.07) is 11.1. The first-order chi connectivity index (χ1) is 16.2. The highest BCUT2D eigenvalue weighted by Gasteiger charge is 2.23. The van der Waals surface area contributed by atoms with E-state index in [0.29, 0.717) is 16.7 Å². The molecular weight excluding hydrogens is 440 g/mol. The molecule has 0 saturated heterocycles. The molecule has 0 spiro atoms. The van der Waals surface area contributed by atoms with Crippen molar-refractivity contribution in [1.29, 1.82) is 0 Å². The van der Waals surface area contributed by atoms with Crippen LogP contribution in [-0.4, -0.2) is 40.2 Å². The van der Waals surface area contributed by atoms with Crippen molar-refractivity contribution in [3.8, 4) is 11.1 Å². The first-order valence-corrected chi connectivity index (χ1v) is 10.7. The molecule has 9 nitrogen and oxygen atoms in total. The van der Waals surface area contributed by atoms with Gasteiger partial charge in [-0.05, 0) is 37.1 Å². The summed E-state index contributed by atoms with van der Waals surface area (Å²) in [4.78, 5) is 54.2. The number of fused-ring (bicyclic) bond motifs is 1. The lowest BCUT2D eigenvalue weighted by atomic mass is 9.97. The molecule has 0 fully saturated rings. The number of hydrogen-bond acceptors (Lipinski definition) is 6. The molecular formula is C25H22N2O7. The summed E-state index contributed by atoms with van der Waals surface area (Å²) in [6.07, 6.45) is -0.227. The molecule has 9 heteroatoms. The first kappa shape index (κ1) is 22.8. The first-order valence-electron chi connectivity index (χ1n) is 10.7. The zero-order chi connectivity index (χ0) is 24.6. The highest BCUT2D eigenvalue weighted by Crippen LogP contribution is 2.25. The fourth-order valence-corrected chi connectivity index (χ4v) is 4.08. The smallest absolute Gasteiger partial charge is 0.338 e. The van der Waals surface area contributed by atoms with Gasteiger partial charge in [-0.25, -0.2) is 4.79 Å². The summed E-state index contributed by atoms with van der Waals surface area (Å²) >= 11 is 0. The number of aromatic amines is 1. The van der Waals surface area contributed by atoms with E-state index >= 15 is 0 Å². The minimum atomic E-state index is -1.41. The third-order valence-electron chi connectivity index (χ3n) is 5.74. The number of aromatic nitrogens is 1. The highest BCUT2D eigenvalue weighted by atomic mass is 16.4. The van der Waals surface area contributed by atoms with E-state index in [0.717, 1.165) is 18.8 Å². The molecule has 0 aromatic heterocycles. The Morgan fingerprint density at radius 2 is 1.65 bits per heavy atom. The van der Waals surface area contributed by atoms with Crippen LogP contribution >= 0.6 is 0 Å². The Balaban J connectivity index is 2.03. The second-order valence-electron chi connectivity index (χ2n) is 7.76. The molecule has 1 heterocycles. The maximum Gasteiger partial charge on any atom is 0.338 e. The molecule has 0 amide bonds. The Kier molecular flexibility index (Phi) is 5.93. The SMILES string of the molecule is CCN(CC)c1ccc2[nH]c3c(C(=O)O)c(-c4ccc(CC(=O)O)cc4)c(=O)c(=O)c=3oc2c1. The molecule has 0 radical (unpaired) electrons. The van der Waals surface area contributed by atoms with Crippen molar-refractivity contribution < 1.29 is 24.2 Å². The third-order valence-corrected chi connectivity index (χ3v) is 5.74. The molecule has 34 heavy (non-hydrogen) atoms. The average molecular weight is 462 g/mol. The minimum absolute atomic E-state index is 0.0928. The summed E-state index contributed by atoms with van der Waals surface area (Å²) in [5, 5.41) is 18.8. The molecule has 3 N–H and O–H groups in total. The van der Waals surface area contributed by atoms with Crippen LogP contribution in [0.15, 0.2) is 56.5 Å². The molecule has 0 unspecified atom stereocenters. The van der Waals surface area contributed by atoms with E-state index in [9.17, 15) is 24.3 Å². The number of hydrogen-bond donors (Lipinski definition) is 3. The van der Waals surface area contributed by atoms with Crippen LogP contribution in [0.2, 0.25) is 0 Å². The Bertz CT molecular complexity index is 1600. The van der Waals surface area contributed by atoms with E-state index in [2.05, 4.69) is 9.88 Å². The number of aromatic carboxylic acids is 1. The summed E-state index contributed by atoms with van der Waals surface area (Å²) in [5.41, 5.74) is -0.689. The van der Waals surface area contributed by atoms with Crippen molar-refractivity contribution in [3.05, 3.63) is 84.8 Å². The zero-order valence-corrected chi connectivity index (χ0v) is 18.5. The van der Waals surface area contributed by atoms with Crippen LogP contribution in [-0.2, 0) is 11.2 Å². The number of carboxylic acids is 2. The van der Waals surface area contributed by atoms with E-state index in [4.69, 9.17) is 9.52 Å². The van der Waals surface area contributed by atoms with E-state index in [1.807, 2.05) is 19.9 Å². The summed E-state index contributed by atoms with van der Waals surface area (Å²) in [5.74, 6) is -2.43. The number of anilines is 1.